The zero-order valence-electron chi connectivity index (χ0n) is 9.95. The lowest BCUT2D eigenvalue weighted by molar-refractivity contribution is 0.238. The Hall–Kier alpha value is -1.88. The Morgan fingerprint density at radius 2 is 2.22 bits per heavy atom. The van der Waals surface area contributed by atoms with Gasteiger partial charge in [-0.15, -0.1) is 10.2 Å². The first-order valence-electron chi connectivity index (χ1n) is 6.13. The molecule has 3 rings (SSSR count). The second kappa shape index (κ2) is 4.42. The highest BCUT2D eigenvalue weighted by Crippen LogP contribution is 2.30. The molecule has 2 N–H and O–H groups in total. The van der Waals surface area contributed by atoms with E-state index in [1.807, 2.05) is 10.6 Å². The van der Waals surface area contributed by atoms with Crippen molar-refractivity contribution < 1.29 is 10.2 Å². The van der Waals surface area contributed by atoms with Gasteiger partial charge in [-0.3, -0.25) is 0 Å². The van der Waals surface area contributed by atoms with Gasteiger partial charge in [-0.05, 0) is 25.0 Å². The van der Waals surface area contributed by atoms with Crippen molar-refractivity contribution in [3.05, 3.63) is 30.1 Å². The summed E-state index contributed by atoms with van der Waals surface area (Å²) in [6.07, 6.45) is 1.97. The summed E-state index contributed by atoms with van der Waals surface area (Å²) >= 11 is 0. The van der Waals surface area contributed by atoms with Crippen LogP contribution in [0.15, 0.2) is 24.3 Å². The van der Waals surface area contributed by atoms with Gasteiger partial charge in [-0.2, -0.15) is 0 Å². The Balaban J connectivity index is 2.07. The van der Waals surface area contributed by atoms with Crippen LogP contribution in [0.4, 0.5) is 0 Å². The molecule has 18 heavy (non-hydrogen) atoms. The van der Waals surface area contributed by atoms with Gasteiger partial charge in [0, 0.05) is 18.0 Å². The van der Waals surface area contributed by atoms with Crippen LogP contribution in [0.1, 0.15) is 24.6 Å². The summed E-state index contributed by atoms with van der Waals surface area (Å²) in [5, 5.41) is 27.2. The monoisotopic (exact) mass is 245 g/mol. The second-order valence-electron chi connectivity index (χ2n) is 4.61. The minimum atomic E-state index is 0.0808. The van der Waals surface area contributed by atoms with E-state index in [1.54, 1.807) is 18.2 Å². The average molecular weight is 245 g/mol. The summed E-state index contributed by atoms with van der Waals surface area (Å²) in [7, 11) is 0. The van der Waals surface area contributed by atoms with Crippen LogP contribution < -0.4 is 0 Å². The van der Waals surface area contributed by atoms with Crippen LogP contribution in [-0.2, 0) is 6.54 Å². The van der Waals surface area contributed by atoms with E-state index in [-0.39, 0.29) is 18.3 Å². The predicted molar refractivity (Wildman–Crippen MR) is 66.2 cm³/mol. The van der Waals surface area contributed by atoms with E-state index >= 15 is 0 Å². The van der Waals surface area contributed by atoms with Crippen molar-refractivity contribution in [2.75, 3.05) is 6.61 Å². The molecule has 1 unspecified atom stereocenters. The van der Waals surface area contributed by atoms with E-state index in [4.69, 9.17) is 0 Å². The number of benzene rings is 1. The molecule has 1 aliphatic heterocycles. The summed E-state index contributed by atoms with van der Waals surface area (Å²) in [6, 6.07) is 7.01. The van der Waals surface area contributed by atoms with Crippen LogP contribution in [-0.4, -0.2) is 31.6 Å². The van der Waals surface area contributed by atoms with E-state index in [1.165, 1.54) is 0 Å². The van der Waals surface area contributed by atoms with Gasteiger partial charge >= 0.3 is 0 Å². The molecule has 0 saturated carbocycles. The molecule has 1 aromatic heterocycles. The number of aromatic hydroxyl groups is 1. The van der Waals surface area contributed by atoms with Crippen molar-refractivity contribution in [3.63, 3.8) is 0 Å². The SMILES string of the molecule is OCC1CCCn2c(-c3cccc(O)c3)nnc21. The van der Waals surface area contributed by atoms with Gasteiger partial charge in [0.2, 0.25) is 0 Å². The Labute approximate surface area is 105 Å². The number of aromatic nitrogens is 3. The maximum Gasteiger partial charge on any atom is 0.164 e. The standard InChI is InChI=1S/C13H15N3O2/c17-8-10-4-2-6-16-12(14-15-13(10)16)9-3-1-5-11(18)7-9/h1,3,5,7,10,17-18H,2,4,6,8H2. The van der Waals surface area contributed by atoms with Crippen molar-refractivity contribution in [1.29, 1.82) is 0 Å². The highest BCUT2D eigenvalue weighted by atomic mass is 16.3. The molecule has 5 nitrogen and oxygen atoms in total. The molecule has 1 atom stereocenters. The Morgan fingerprint density at radius 3 is 3.00 bits per heavy atom. The second-order valence-corrected chi connectivity index (χ2v) is 4.61. The molecule has 5 heteroatoms. The molecule has 1 aliphatic rings. The van der Waals surface area contributed by atoms with Gasteiger partial charge in [0.1, 0.15) is 11.6 Å². The molecule has 0 radical (unpaired) electrons. The molecule has 0 aliphatic carbocycles. The predicted octanol–water partition coefficient (Wildman–Crippen LogP) is 1.52. The van der Waals surface area contributed by atoms with Crippen molar-refractivity contribution in [2.24, 2.45) is 0 Å². The molecular weight excluding hydrogens is 230 g/mol. The molecule has 0 fully saturated rings. The number of phenols is 1. The molecule has 0 amide bonds. The fourth-order valence-corrected chi connectivity index (χ4v) is 2.49. The van der Waals surface area contributed by atoms with E-state index < -0.39 is 0 Å². The quantitative estimate of drug-likeness (QED) is 0.841. The van der Waals surface area contributed by atoms with Gasteiger partial charge in [-0.1, -0.05) is 12.1 Å². The molecule has 0 spiro atoms. The number of aliphatic hydroxyl groups is 1. The van der Waals surface area contributed by atoms with Gasteiger partial charge in [0.15, 0.2) is 5.82 Å². The van der Waals surface area contributed by atoms with Gasteiger partial charge in [-0.25, -0.2) is 0 Å². The Morgan fingerprint density at radius 1 is 1.33 bits per heavy atom. The Bertz CT molecular complexity index is 565. The van der Waals surface area contributed by atoms with E-state index in [0.29, 0.717) is 0 Å². The fourth-order valence-electron chi connectivity index (χ4n) is 2.49. The van der Waals surface area contributed by atoms with Crippen LogP contribution in [0, 0.1) is 0 Å². The number of fused-ring (bicyclic) bond motifs is 1. The summed E-state index contributed by atoms with van der Waals surface area (Å²) < 4.78 is 2.04. The van der Waals surface area contributed by atoms with Crippen LogP contribution in [0.2, 0.25) is 0 Å². The van der Waals surface area contributed by atoms with Crippen LogP contribution in [0.25, 0.3) is 11.4 Å². The van der Waals surface area contributed by atoms with Gasteiger partial charge < -0.3 is 14.8 Å². The summed E-state index contributed by atoms with van der Waals surface area (Å²) in [4.78, 5) is 0. The van der Waals surface area contributed by atoms with E-state index in [2.05, 4.69) is 10.2 Å². The maximum atomic E-state index is 9.52. The number of hydrogen-bond acceptors (Lipinski definition) is 4. The average Bonchev–Trinajstić information content (AvgIpc) is 2.82. The zero-order chi connectivity index (χ0) is 12.5. The molecule has 1 aromatic carbocycles. The topological polar surface area (TPSA) is 71.2 Å². The molecule has 0 bridgehead atoms. The smallest absolute Gasteiger partial charge is 0.164 e. The highest BCUT2D eigenvalue weighted by molar-refractivity contribution is 5.57. The molecule has 2 aromatic rings. The normalized spacial score (nSPS) is 18.6. The largest absolute Gasteiger partial charge is 0.508 e. The minimum Gasteiger partial charge on any atom is -0.508 e. The van der Waals surface area contributed by atoms with E-state index in [0.717, 1.165) is 36.6 Å². The summed E-state index contributed by atoms with van der Waals surface area (Å²) in [5.41, 5.74) is 0.854. The Kier molecular flexibility index (Phi) is 2.76. The third kappa shape index (κ3) is 1.76. The molecule has 0 saturated heterocycles. The van der Waals surface area contributed by atoms with Crippen LogP contribution >= 0.6 is 0 Å². The third-order valence-corrected chi connectivity index (χ3v) is 3.40. The first-order chi connectivity index (χ1) is 8.79. The molecule has 2 heterocycles. The number of rotatable bonds is 2. The first kappa shape index (κ1) is 11.2. The number of nitrogens with zero attached hydrogens (tertiary/aromatic N) is 3. The zero-order valence-corrected chi connectivity index (χ0v) is 9.95. The van der Waals surface area contributed by atoms with Gasteiger partial charge in [0.25, 0.3) is 0 Å². The van der Waals surface area contributed by atoms with Crippen LogP contribution in [0.5, 0.6) is 5.75 Å². The van der Waals surface area contributed by atoms with Crippen molar-refractivity contribution in [3.8, 4) is 17.1 Å². The van der Waals surface area contributed by atoms with Crippen molar-refractivity contribution >= 4 is 0 Å². The number of phenolic OH excluding ortho intramolecular Hbond substituents is 1. The number of hydrogen-bond donors (Lipinski definition) is 2. The third-order valence-electron chi connectivity index (χ3n) is 3.40. The highest BCUT2D eigenvalue weighted by Gasteiger charge is 2.25. The van der Waals surface area contributed by atoms with Crippen molar-refractivity contribution in [1.82, 2.24) is 14.8 Å². The van der Waals surface area contributed by atoms with Gasteiger partial charge in [0.05, 0.1) is 6.61 Å². The maximum absolute atomic E-state index is 9.52. The summed E-state index contributed by atoms with van der Waals surface area (Å²) in [5.74, 6) is 1.91. The lowest BCUT2D eigenvalue weighted by atomic mass is 10.00. The first-order valence-corrected chi connectivity index (χ1v) is 6.13. The molecule has 94 valence electrons. The van der Waals surface area contributed by atoms with E-state index in [9.17, 15) is 10.2 Å². The van der Waals surface area contributed by atoms with Crippen LogP contribution in [0.3, 0.4) is 0 Å². The number of aliphatic hydroxyl groups excluding tert-OH is 1. The fraction of sp³-hybridized carbons (Fsp3) is 0.385. The lowest BCUT2D eigenvalue weighted by Gasteiger charge is -2.21. The lowest BCUT2D eigenvalue weighted by Crippen LogP contribution is -2.19. The minimum absolute atomic E-state index is 0.0808. The van der Waals surface area contributed by atoms with Crippen molar-refractivity contribution in [2.45, 2.75) is 25.3 Å². The molecular formula is C13H15N3O2. The summed E-state index contributed by atoms with van der Waals surface area (Å²) in [6.45, 7) is 0.974.